The molecule has 0 saturated heterocycles. The molecule has 3 saturated carbocycles. The van der Waals surface area contributed by atoms with Crippen LogP contribution >= 0.6 is 0 Å². The lowest BCUT2D eigenvalue weighted by molar-refractivity contribution is -0.182. The van der Waals surface area contributed by atoms with Crippen molar-refractivity contribution in [3.63, 3.8) is 0 Å². The van der Waals surface area contributed by atoms with E-state index in [-0.39, 0.29) is 58.0 Å². The molecule has 7 nitrogen and oxygen atoms in total. The maximum atomic E-state index is 13.8. The lowest BCUT2D eigenvalue weighted by atomic mass is 9.34. The van der Waals surface area contributed by atoms with Crippen LogP contribution in [-0.2, 0) is 23.9 Å². The van der Waals surface area contributed by atoms with Gasteiger partial charge in [0.25, 0.3) is 0 Å². The van der Waals surface area contributed by atoms with Gasteiger partial charge in [0.05, 0.1) is 18.6 Å². The van der Waals surface area contributed by atoms with Gasteiger partial charge < -0.3 is 14.6 Å². The normalized spacial score (nSPS) is 34.4. The summed E-state index contributed by atoms with van der Waals surface area (Å²) in [4.78, 5) is 39.1. The number of hydrogen-bond acceptors (Lipinski definition) is 7. The number of rotatable bonds is 8. The molecule has 51 heavy (non-hydrogen) atoms. The summed E-state index contributed by atoms with van der Waals surface area (Å²) in [6.45, 7) is 15.9. The fourth-order valence-electron chi connectivity index (χ4n) is 10.4. The summed E-state index contributed by atoms with van der Waals surface area (Å²) in [5.74, 6) is -0.944. The number of hydrogen-bond donors (Lipinski definition) is 1. The van der Waals surface area contributed by atoms with Crippen LogP contribution in [0.25, 0.3) is 6.08 Å². The second-order valence-corrected chi connectivity index (χ2v) is 17.2. The molecule has 0 unspecified atom stereocenters. The number of allylic oxidation sites excluding steroid dienone is 7. The number of unbranched alkanes of at least 4 members (excludes halogenated alkanes) is 1. The summed E-state index contributed by atoms with van der Waals surface area (Å²) >= 11 is 0. The van der Waals surface area contributed by atoms with Crippen molar-refractivity contribution in [2.24, 2.45) is 33.0 Å². The topological polar surface area (TPSA) is 114 Å². The minimum absolute atomic E-state index is 0.0488. The molecule has 5 aliphatic carbocycles. The molecule has 5 aliphatic rings. The molecule has 0 amide bonds. The minimum Gasteiger partial charge on any atom is -0.504 e. The zero-order chi connectivity index (χ0) is 37.0. The van der Waals surface area contributed by atoms with E-state index in [4.69, 9.17) is 9.47 Å². The van der Waals surface area contributed by atoms with Crippen molar-refractivity contribution >= 4 is 23.8 Å². The van der Waals surface area contributed by atoms with Gasteiger partial charge in [-0.05, 0) is 130 Å². The number of ether oxygens (including phenoxy) is 2. The molecule has 1 aromatic carbocycles. The van der Waals surface area contributed by atoms with Gasteiger partial charge in [0, 0.05) is 11.0 Å². The maximum absolute atomic E-state index is 13.8. The molecule has 270 valence electrons. The number of carbonyl (C=O) groups is 3. The Hall–Kier alpha value is -4.18. The van der Waals surface area contributed by atoms with Crippen LogP contribution in [0.3, 0.4) is 0 Å². The number of nitrogens with zero attached hydrogens (tertiary/aromatic N) is 1. The van der Waals surface area contributed by atoms with Crippen molar-refractivity contribution in [3.05, 3.63) is 87.2 Å². The summed E-state index contributed by atoms with van der Waals surface area (Å²) in [5, 5.41) is 19.9. The molecule has 1 N–H and O–H groups in total. The van der Waals surface area contributed by atoms with Gasteiger partial charge in [-0.3, -0.25) is 9.59 Å². The van der Waals surface area contributed by atoms with Crippen LogP contribution < -0.4 is 0 Å². The molecular formula is C44H53NO6. The fraction of sp³-hybridized carbons (Fsp3) is 0.545. The standard InChI is InChI=1S/C44H53NO6/c1-28-10-12-30(13-11-28)24-31(27-45)38(48)50-22-8-9-23-51-39(49)41(4)17-16-40(3)18-20-43(6)35-15-14-32-29(2)37(47)34(46)25-33(32)42(35,5)19-21-44(43,7)36(40)26-41/h10-15,24-25,36,47H,8-9,16-23,26H2,1-7H3/b31-24+/t36-,40-,41-,42+,43-,44+/m1/s1. The van der Waals surface area contributed by atoms with Crippen molar-refractivity contribution in [2.75, 3.05) is 13.2 Å². The SMILES string of the molecule is CC1=C(O)C(=O)C=C2C1=CC=C1[C@@]2(C)CC[C@@]2(C)[C@@H]3C[C@](C)(C(=O)OCCCCOC(=O)/C(C#N)=C/c4ccc(C)cc4)CC[C@]3(C)CC[C@]12C. The number of fused-ring (bicyclic) bond motifs is 7. The molecule has 6 atom stereocenters. The number of nitriles is 1. The molecule has 0 radical (unpaired) electrons. The Morgan fingerprint density at radius 1 is 0.922 bits per heavy atom. The summed E-state index contributed by atoms with van der Waals surface area (Å²) < 4.78 is 11.3. The zero-order valence-corrected chi connectivity index (χ0v) is 31.4. The first-order valence-electron chi connectivity index (χ1n) is 18.6. The van der Waals surface area contributed by atoms with Crippen molar-refractivity contribution in [1.82, 2.24) is 0 Å². The van der Waals surface area contributed by atoms with E-state index in [2.05, 4.69) is 46.8 Å². The van der Waals surface area contributed by atoms with Gasteiger partial charge in [0.15, 0.2) is 5.76 Å². The number of aryl methyl sites for hydroxylation is 1. The first-order valence-corrected chi connectivity index (χ1v) is 18.6. The van der Waals surface area contributed by atoms with Gasteiger partial charge in [0.2, 0.25) is 5.78 Å². The molecule has 7 heteroatoms. The highest BCUT2D eigenvalue weighted by Gasteiger charge is 2.67. The predicted octanol–water partition coefficient (Wildman–Crippen LogP) is 9.40. The van der Waals surface area contributed by atoms with Crippen LogP contribution in [0.4, 0.5) is 0 Å². The number of carbonyl (C=O) groups excluding carboxylic acids is 3. The van der Waals surface area contributed by atoms with E-state index < -0.39 is 11.4 Å². The number of aliphatic hydroxyl groups is 1. The third kappa shape index (κ3) is 6.03. The van der Waals surface area contributed by atoms with E-state index in [0.29, 0.717) is 24.3 Å². The predicted molar refractivity (Wildman–Crippen MR) is 197 cm³/mol. The number of benzene rings is 1. The lowest BCUT2D eigenvalue weighted by Crippen LogP contribution is -2.62. The van der Waals surface area contributed by atoms with Crippen LogP contribution in [0.1, 0.15) is 110 Å². The third-order valence-corrected chi connectivity index (χ3v) is 14.1. The van der Waals surface area contributed by atoms with E-state index in [1.54, 1.807) is 6.08 Å². The summed E-state index contributed by atoms with van der Waals surface area (Å²) in [6.07, 6.45) is 15.3. The summed E-state index contributed by atoms with van der Waals surface area (Å²) in [6, 6.07) is 9.48. The van der Waals surface area contributed by atoms with E-state index in [1.807, 2.05) is 44.2 Å². The van der Waals surface area contributed by atoms with Crippen LogP contribution in [-0.4, -0.2) is 36.0 Å². The largest absolute Gasteiger partial charge is 0.504 e. The molecule has 0 aromatic heterocycles. The molecule has 6 rings (SSSR count). The van der Waals surface area contributed by atoms with Crippen LogP contribution in [0.2, 0.25) is 0 Å². The Labute approximate surface area is 303 Å². The van der Waals surface area contributed by atoms with Crippen LogP contribution in [0.5, 0.6) is 0 Å². The van der Waals surface area contributed by atoms with Gasteiger partial charge in [-0.1, -0.05) is 75.2 Å². The monoisotopic (exact) mass is 691 g/mol. The van der Waals surface area contributed by atoms with Crippen molar-refractivity contribution < 1.29 is 29.0 Å². The third-order valence-electron chi connectivity index (χ3n) is 14.1. The molecule has 3 fully saturated rings. The van der Waals surface area contributed by atoms with Crippen molar-refractivity contribution in [1.29, 1.82) is 5.26 Å². The average Bonchev–Trinajstić information content (AvgIpc) is 3.10. The van der Waals surface area contributed by atoms with E-state index >= 15 is 0 Å². The van der Waals surface area contributed by atoms with Crippen molar-refractivity contribution in [3.8, 4) is 6.07 Å². The average molecular weight is 692 g/mol. The van der Waals surface area contributed by atoms with E-state index in [0.717, 1.165) is 67.2 Å². The van der Waals surface area contributed by atoms with Gasteiger partial charge in [-0.2, -0.15) is 5.26 Å². The highest BCUT2D eigenvalue weighted by molar-refractivity contribution is 6.06. The Morgan fingerprint density at radius 3 is 2.27 bits per heavy atom. The number of esters is 2. The van der Waals surface area contributed by atoms with E-state index in [9.17, 15) is 24.8 Å². The lowest BCUT2D eigenvalue weighted by Gasteiger charge is -2.70. The van der Waals surface area contributed by atoms with Crippen LogP contribution in [0.15, 0.2) is 76.1 Å². The Bertz CT molecular complexity index is 1850. The molecule has 0 bridgehead atoms. The van der Waals surface area contributed by atoms with Gasteiger partial charge in [-0.15, -0.1) is 0 Å². The Balaban J connectivity index is 1.09. The highest BCUT2D eigenvalue weighted by Crippen LogP contribution is 2.75. The van der Waals surface area contributed by atoms with Crippen LogP contribution in [0, 0.1) is 51.2 Å². The van der Waals surface area contributed by atoms with E-state index in [1.165, 1.54) is 11.6 Å². The summed E-state index contributed by atoms with van der Waals surface area (Å²) in [7, 11) is 0. The zero-order valence-electron chi connectivity index (χ0n) is 31.4. The molecule has 0 spiro atoms. The second-order valence-electron chi connectivity index (χ2n) is 17.2. The highest BCUT2D eigenvalue weighted by atomic mass is 16.5. The van der Waals surface area contributed by atoms with Gasteiger partial charge in [-0.25, -0.2) is 4.79 Å². The number of ketones is 1. The fourth-order valence-corrected chi connectivity index (χ4v) is 10.4. The first-order chi connectivity index (χ1) is 24.0. The quantitative estimate of drug-likeness (QED) is 0.125. The molecule has 0 aliphatic heterocycles. The van der Waals surface area contributed by atoms with Crippen molar-refractivity contribution in [2.45, 2.75) is 106 Å². The first kappa shape index (κ1) is 36.6. The summed E-state index contributed by atoms with van der Waals surface area (Å²) in [5.41, 5.74) is 4.93. The second kappa shape index (κ2) is 13.1. The smallest absolute Gasteiger partial charge is 0.348 e. The maximum Gasteiger partial charge on any atom is 0.348 e. The Kier molecular flexibility index (Phi) is 9.40. The van der Waals surface area contributed by atoms with Gasteiger partial charge >= 0.3 is 11.9 Å². The minimum atomic E-state index is -0.653. The number of aliphatic hydroxyl groups excluding tert-OH is 1. The molecular weight excluding hydrogens is 638 g/mol. The molecule has 1 aromatic rings. The van der Waals surface area contributed by atoms with Gasteiger partial charge in [0.1, 0.15) is 11.6 Å². The molecule has 0 heterocycles. The Morgan fingerprint density at radius 2 is 1.59 bits per heavy atom.